The summed E-state index contributed by atoms with van der Waals surface area (Å²) >= 11 is 0. The summed E-state index contributed by atoms with van der Waals surface area (Å²) in [6, 6.07) is 1.35. The SMILES string of the molecule is CC1CCCC(NC(=O)NCc2ccnn2C)(C(=O)O)C1. The average Bonchev–Trinajstić information content (AvgIpc) is 2.82. The highest BCUT2D eigenvalue weighted by molar-refractivity contribution is 5.86. The van der Waals surface area contributed by atoms with E-state index in [1.54, 1.807) is 24.0 Å². The third-order valence-corrected chi connectivity index (χ3v) is 4.11. The van der Waals surface area contributed by atoms with Crippen molar-refractivity contribution in [2.75, 3.05) is 0 Å². The molecule has 0 radical (unpaired) electrons. The number of aryl methyl sites for hydroxylation is 1. The molecule has 1 heterocycles. The van der Waals surface area contributed by atoms with Crippen molar-refractivity contribution in [2.45, 2.75) is 44.7 Å². The van der Waals surface area contributed by atoms with Gasteiger partial charge in [0.1, 0.15) is 5.54 Å². The van der Waals surface area contributed by atoms with Crippen molar-refractivity contribution >= 4 is 12.0 Å². The number of carbonyl (C=O) groups is 2. The minimum atomic E-state index is -1.14. The van der Waals surface area contributed by atoms with Crippen molar-refractivity contribution in [3.63, 3.8) is 0 Å². The third kappa shape index (κ3) is 3.53. The fourth-order valence-corrected chi connectivity index (χ4v) is 2.92. The Morgan fingerprint density at radius 2 is 2.33 bits per heavy atom. The van der Waals surface area contributed by atoms with Crippen molar-refractivity contribution < 1.29 is 14.7 Å². The van der Waals surface area contributed by atoms with Crippen LogP contribution in [0.25, 0.3) is 0 Å². The Kier molecular flexibility index (Phi) is 4.50. The van der Waals surface area contributed by atoms with E-state index in [9.17, 15) is 14.7 Å². The van der Waals surface area contributed by atoms with Gasteiger partial charge < -0.3 is 15.7 Å². The fourth-order valence-electron chi connectivity index (χ4n) is 2.92. The second-order valence-electron chi connectivity index (χ2n) is 5.84. The molecule has 7 nitrogen and oxygen atoms in total. The van der Waals surface area contributed by atoms with Crippen LogP contribution in [0.15, 0.2) is 12.3 Å². The summed E-state index contributed by atoms with van der Waals surface area (Å²) in [7, 11) is 1.79. The van der Waals surface area contributed by atoms with Gasteiger partial charge >= 0.3 is 12.0 Å². The maximum absolute atomic E-state index is 12.0. The third-order valence-electron chi connectivity index (χ3n) is 4.11. The van der Waals surface area contributed by atoms with Crippen molar-refractivity contribution in [1.82, 2.24) is 20.4 Å². The van der Waals surface area contributed by atoms with Gasteiger partial charge in [-0.05, 0) is 24.8 Å². The minimum Gasteiger partial charge on any atom is -0.480 e. The van der Waals surface area contributed by atoms with Gasteiger partial charge in [-0.25, -0.2) is 9.59 Å². The quantitative estimate of drug-likeness (QED) is 0.778. The Hall–Kier alpha value is -2.05. The van der Waals surface area contributed by atoms with Crippen molar-refractivity contribution in [3.05, 3.63) is 18.0 Å². The second kappa shape index (κ2) is 6.15. The highest BCUT2D eigenvalue weighted by Gasteiger charge is 2.43. The summed E-state index contributed by atoms with van der Waals surface area (Å²) in [5.41, 5.74) is -0.291. The first-order valence-electron chi connectivity index (χ1n) is 7.19. The number of hydrogen-bond acceptors (Lipinski definition) is 3. The van der Waals surface area contributed by atoms with E-state index in [0.29, 0.717) is 25.3 Å². The predicted molar refractivity (Wildman–Crippen MR) is 76.6 cm³/mol. The molecule has 7 heteroatoms. The molecule has 1 saturated carbocycles. The second-order valence-corrected chi connectivity index (χ2v) is 5.84. The number of nitrogens with zero attached hydrogens (tertiary/aromatic N) is 2. The molecule has 21 heavy (non-hydrogen) atoms. The molecule has 0 bridgehead atoms. The van der Waals surface area contributed by atoms with Gasteiger partial charge in [0.2, 0.25) is 0 Å². The summed E-state index contributed by atoms with van der Waals surface area (Å²) in [5.74, 6) is -0.656. The molecule has 2 unspecified atom stereocenters. The van der Waals surface area contributed by atoms with Gasteiger partial charge in [-0.1, -0.05) is 19.8 Å². The lowest BCUT2D eigenvalue weighted by molar-refractivity contribution is -0.146. The Bertz CT molecular complexity index is 528. The summed E-state index contributed by atoms with van der Waals surface area (Å²) < 4.78 is 1.66. The van der Waals surface area contributed by atoms with E-state index in [1.807, 2.05) is 6.92 Å². The van der Waals surface area contributed by atoms with E-state index in [0.717, 1.165) is 18.5 Å². The van der Waals surface area contributed by atoms with Gasteiger partial charge in [0.25, 0.3) is 0 Å². The van der Waals surface area contributed by atoms with Gasteiger partial charge in [0.05, 0.1) is 12.2 Å². The normalized spacial score (nSPS) is 25.3. The molecular formula is C14H22N4O3. The molecule has 1 aromatic rings. The summed E-state index contributed by atoms with van der Waals surface area (Å²) in [6.45, 7) is 2.33. The maximum Gasteiger partial charge on any atom is 0.329 e. The number of hydrogen-bond donors (Lipinski definition) is 3. The van der Waals surface area contributed by atoms with Crippen molar-refractivity contribution in [2.24, 2.45) is 13.0 Å². The lowest BCUT2D eigenvalue weighted by Gasteiger charge is -2.36. The molecule has 1 aliphatic rings. The highest BCUT2D eigenvalue weighted by atomic mass is 16.4. The summed E-state index contributed by atoms with van der Waals surface area (Å²) in [4.78, 5) is 23.6. The first-order valence-corrected chi connectivity index (χ1v) is 7.19. The van der Waals surface area contributed by atoms with Crippen LogP contribution in [0, 0.1) is 5.92 Å². The number of urea groups is 1. The number of aliphatic carboxylic acids is 1. The Balaban J connectivity index is 1.95. The molecule has 0 aliphatic heterocycles. The van der Waals surface area contributed by atoms with Crippen LogP contribution in [-0.2, 0) is 18.4 Å². The van der Waals surface area contributed by atoms with Crippen LogP contribution in [0.3, 0.4) is 0 Å². The largest absolute Gasteiger partial charge is 0.480 e. The number of aromatic nitrogens is 2. The topological polar surface area (TPSA) is 96.3 Å². The van der Waals surface area contributed by atoms with E-state index < -0.39 is 17.5 Å². The molecule has 0 spiro atoms. The lowest BCUT2D eigenvalue weighted by Crippen LogP contribution is -2.59. The van der Waals surface area contributed by atoms with Gasteiger partial charge in [0.15, 0.2) is 0 Å². The number of carboxylic acid groups (broad SMARTS) is 1. The smallest absolute Gasteiger partial charge is 0.329 e. The van der Waals surface area contributed by atoms with Crippen molar-refractivity contribution in [1.29, 1.82) is 0 Å². The van der Waals surface area contributed by atoms with Crippen molar-refractivity contribution in [3.8, 4) is 0 Å². The summed E-state index contributed by atoms with van der Waals surface area (Å²) in [6.07, 6.45) is 4.42. The van der Waals surface area contributed by atoms with Crippen LogP contribution >= 0.6 is 0 Å². The molecule has 2 amide bonds. The molecule has 1 fully saturated rings. The zero-order chi connectivity index (χ0) is 15.5. The molecule has 116 valence electrons. The molecule has 3 N–H and O–H groups in total. The first-order chi connectivity index (χ1) is 9.93. The average molecular weight is 294 g/mol. The van der Waals surface area contributed by atoms with E-state index >= 15 is 0 Å². The maximum atomic E-state index is 12.0. The number of rotatable bonds is 4. The first kappa shape index (κ1) is 15.3. The van der Waals surface area contributed by atoms with Gasteiger partial charge in [-0.3, -0.25) is 4.68 Å². The molecule has 2 atom stereocenters. The molecule has 1 aromatic heterocycles. The van der Waals surface area contributed by atoms with E-state index in [-0.39, 0.29) is 0 Å². The van der Waals surface area contributed by atoms with Crippen LogP contribution < -0.4 is 10.6 Å². The Morgan fingerprint density at radius 3 is 2.90 bits per heavy atom. The van der Waals surface area contributed by atoms with E-state index in [4.69, 9.17) is 0 Å². The minimum absolute atomic E-state index is 0.298. The molecule has 1 aliphatic carbocycles. The number of carbonyl (C=O) groups excluding carboxylic acids is 1. The zero-order valence-corrected chi connectivity index (χ0v) is 12.4. The van der Waals surface area contributed by atoms with Crippen LogP contribution in [0.2, 0.25) is 0 Å². The van der Waals surface area contributed by atoms with Crippen LogP contribution in [0.4, 0.5) is 4.79 Å². The standard InChI is InChI=1S/C14H22N4O3/c1-10-4-3-6-14(8-10,12(19)20)17-13(21)15-9-11-5-7-16-18(11)2/h5,7,10H,3-4,6,8-9H2,1-2H3,(H,19,20)(H2,15,17,21). The number of carboxylic acids is 1. The van der Waals surface area contributed by atoms with Gasteiger partial charge in [-0.15, -0.1) is 0 Å². The predicted octanol–water partition coefficient (Wildman–Crippen LogP) is 1.25. The lowest BCUT2D eigenvalue weighted by atomic mass is 9.76. The zero-order valence-electron chi connectivity index (χ0n) is 12.4. The van der Waals surface area contributed by atoms with Crippen LogP contribution in [0.1, 0.15) is 38.3 Å². The van der Waals surface area contributed by atoms with Crippen LogP contribution in [0.5, 0.6) is 0 Å². The molecule has 0 aromatic carbocycles. The summed E-state index contributed by atoms with van der Waals surface area (Å²) in [5, 5.41) is 18.9. The van der Waals surface area contributed by atoms with Crippen LogP contribution in [-0.4, -0.2) is 32.4 Å². The fraction of sp³-hybridized carbons (Fsp3) is 0.643. The molecule has 2 rings (SSSR count). The number of nitrogens with one attached hydrogen (secondary N) is 2. The van der Waals surface area contributed by atoms with Gasteiger partial charge in [0, 0.05) is 13.2 Å². The monoisotopic (exact) mass is 294 g/mol. The number of amides is 2. The Morgan fingerprint density at radius 1 is 1.57 bits per heavy atom. The highest BCUT2D eigenvalue weighted by Crippen LogP contribution is 2.32. The van der Waals surface area contributed by atoms with E-state index in [2.05, 4.69) is 15.7 Å². The molecular weight excluding hydrogens is 272 g/mol. The van der Waals surface area contributed by atoms with E-state index in [1.165, 1.54) is 0 Å². The van der Waals surface area contributed by atoms with Gasteiger partial charge in [-0.2, -0.15) is 5.10 Å². The Labute approximate surface area is 123 Å². The molecule has 0 saturated heterocycles.